The summed E-state index contributed by atoms with van der Waals surface area (Å²) in [6, 6.07) is 2.01. The summed E-state index contributed by atoms with van der Waals surface area (Å²) in [6.45, 7) is 20.6. The molecule has 1 fully saturated rings. The fourth-order valence-electron chi connectivity index (χ4n) is 6.14. The molecule has 9 heteroatoms. The van der Waals surface area contributed by atoms with Crippen LogP contribution in [0.4, 0.5) is 4.79 Å². The first-order chi connectivity index (χ1) is 17.6. The molecule has 2 aliphatic carbocycles. The monoisotopic (exact) mass is 549 g/mol. The zero-order valence-corrected chi connectivity index (χ0v) is 25.9. The molecule has 214 valence electrons. The molecule has 0 saturated carbocycles. The lowest BCUT2D eigenvalue weighted by atomic mass is 9.59. The van der Waals surface area contributed by atoms with Crippen LogP contribution in [0.25, 0.3) is 0 Å². The molecule has 38 heavy (non-hydrogen) atoms. The van der Waals surface area contributed by atoms with Gasteiger partial charge >= 0.3 is 6.09 Å². The molecule has 1 aromatic rings. The lowest BCUT2D eigenvalue weighted by Gasteiger charge is -2.53. The standard InChI is InChI=1S/C29H47NO7Si/c1-20(37-38(9,10)27(5,6)7)21-11-13-29-22-12-15-33-24(22)23(34-19-32-8)17-28(21,29)18-30(14-16-35-29)25(31)36-26(2,3)4/h11-12,15,20,23H,13-14,16-19H2,1-10H3/t20-,23-,28+,29+/m1/s1. The molecule has 4 rings (SSSR count). The van der Waals surface area contributed by atoms with Crippen molar-refractivity contribution in [1.82, 2.24) is 4.90 Å². The first-order valence-electron chi connectivity index (χ1n) is 13.8. The van der Waals surface area contributed by atoms with Crippen molar-refractivity contribution < 1.29 is 32.6 Å². The molecule has 0 bridgehead atoms. The van der Waals surface area contributed by atoms with Gasteiger partial charge in [0, 0.05) is 37.6 Å². The smallest absolute Gasteiger partial charge is 0.410 e. The van der Waals surface area contributed by atoms with Gasteiger partial charge in [0.05, 0.1) is 19.0 Å². The van der Waals surface area contributed by atoms with E-state index in [0.717, 1.165) is 16.9 Å². The first-order valence-corrected chi connectivity index (χ1v) is 16.7. The molecule has 1 amide bonds. The molecule has 1 aromatic heterocycles. The van der Waals surface area contributed by atoms with E-state index in [1.54, 1.807) is 13.4 Å². The van der Waals surface area contributed by atoms with Gasteiger partial charge in [-0.3, -0.25) is 0 Å². The maximum atomic E-state index is 13.4. The van der Waals surface area contributed by atoms with Gasteiger partial charge in [-0.25, -0.2) is 4.79 Å². The Labute approximate surface area is 229 Å². The second kappa shape index (κ2) is 10.1. The second-order valence-electron chi connectivity index (χ2n) is 13.5. The summed E-state index contributed by atoms with van der Waals surface area (Å²) in [5, 5.41) is 0.0616. The van der Waals surface area contributed by atoms with Crippen molar-refractivity contribution in [1.29, 1.82) is 0 Å². The van der Waals surface area contributed by atoms with E-state index in [2.05, 4.69) is 46.9 Å². The topological polar surface area (TPSA) is 79.6 Å². The van der Waals surface area contributed by atoms with Crippen molar-refractivity contribution >= 4 is 14.4 Å². The minimum absolute atomic E-state index is 0.0616. The molecule has 0 spiro atoms. The quantitative estimate of drug-likeness (QED) is 0.227. The normalized spacial score (nSPS) is 28.6. The maximum absolute atomic E-state index is 13.4. The van der Waals surface area contributed by atoms with E-state index in [-0.39, 0.29) is 30.1 Å². The van der Waals surface area contributed by atoms with E-state index in [1.807, 2.05) is 31.7 Å². The van der Waals surface area contributed by atoms with E-state index in [1.165, 1.54) is 0 Å². The molecule has 8 nitrogen and oxygen atoms in total. The third-order valence-corrected chi connectivity index (χ3v) is 13.4. The number of nitrogens with zero attached hydrogens (tertiary/aromatic N) is 1. The molecule has 3 aliphatic rings. The van der Waals surface area contributed by atoms with Crippen LogP contribution in [0.2, 0.25) is 18.1 Å². The first kappa shape index (κ1) is 29.3. The number of carbonyl (C=O) groups excluding carboxylic acids is 1. The fourth-order valence-corrected chi connectivity index (χ4v) is 7.50. The number of ether oxygens (including phenoxy) is 4. The number of amides is 1. The van der Waals surface area contributed by atoms with Gasteiger partial charge in [0.1, 0.15) is 29.9 Å². The molecule has 0 unspecified atom stereocenters. The Hall–Kier alpha value is -1.65. The number of carbonyl (C=O) groups is 1. The average Bonchev–Trinajstić information content (AvgIpc) is 3.34. The van der Waals surface area contributed by atoms with Crippen LogP contribution in [0.1, 0.15) is 78.7 Å². The van der Waals surface area contributed by atoms with Crippen molar-refractivity contribution in [2.24, 2.45) is 5.41 Å². The van der Waals surface area contributed by atoms with Crippen LogP contribution in [0.15, 0.2) is 28.4 Å². The maximum Gasteiger partial charge on any atom is 0.410 e. The van der Waals surface area contributed by atoms with Gasteiger partial charge in [-0.15, -0.1) is 0 Å². The van der Waals surface area contributed by atoms with Gasteiger partial charge in [0.15, 0.2) is 8.32 Å². The Morgan fingerprint density at radius 3 is 2.58 bits per heavy atom. The van der Waals surface area contributed by atoms with Gasteiger partial charge in [-0.1, -0.05) is 26.8 Å². The highest BCUT2D eigenvalue weighted by molar-refractivity contribution is 6.74. The number of hydrogen-bond donors (Lipinski definition) is 0. The molecule has 1 saturated heterocycles. The van der Waals surface area contributed by atoms with E-state index in [0.29, 0.717) is 32.5 Å². The summed E-state index contributed by atoms with van der Waals surface area (Å²) in [4.78, 5) is 15.3. The summed E-state index contributed by atoms with van der Waals surface area (Å²) in [5.41, 5.74) is 0.287. The van der Waals surface area contributed by atoms with E-state index < -0.39 is 24.9 Å². The highest BCUT2D eigenvalue weighted by Crippen LogP contribution is 2.65. The number of hydrogen-bond acceptors (Lipinski definition) is 7. The molecule has 2 heterocycles. The molecular weight excluding hydrogens is 502 g/mol. The van der Waals surface area contributed by atoms with Crippen LogP contribution in [-0.2, 0) is 29.0 Å². The third-order valence-electron chi connectivity index (χ3n) is 8.82. The van der Waals surface area contributed by atoms with Gasteiger partial charge in [-0.2, -0.15) is 0 Å². The second-order valence-corrected chi connectivity index (χ2v) is 18.3. The minimum atomic E-state index is -2.09. The van der Waals surface area contributed by atoms with Crippen molar-refractivity contribution in [3.05, 3.63) is 35.3 Å². The zero-order valence-electron chi connectivity index (χ0n) is 24.9. The Bertz CT molecular complexity index is 1050. The number of rotatable bonds is 6. The van der Waals surface area contributed by atoms with Crippen molar-refractivity contribution in [3.63, 3.8) is 0 Å². The summed E-state index contributed by atoms with van der Waals surface area (Å²) in [7, 11) is -0.476. The molecule has 4 atom stereocenters. The van der Waals surface area contributed by atoms with Crippen molar-refractivity contribution in [3.8, 4) is 0 Å². The highest BCUT2D eigenvalue weighted by atomic mass is 28.4. The van der Waals surface area contributed by atoms with Crippen LogP contribution >= 0.6 is 0 Å². The summed E-state index contributed by atoms with van der Waals surface area (Å²) < 4.78 is 37.1. The van der Waals surface area contributed by atoms with Gasteiger partial charge < -0.3 is 32.7 Å². The van der Waals surface area contributed by atoms with Gasteiger partial charge in [-0.05, 0) is 63.9 Å². The summed E-state index contributed by atoms with van der Waals surface area (Å²) in [5.74, 6) is 0.774. The number of fused-ring (bicyclic) bond motifs is 1. The predicted molar refractivity (Wildman–Crippen MR) is 147 cm³/mol. The lowest BCUT2D eigenvalue weighted by molar-refractivity contribution is -0.160. The van der Waals surface area contributed by atoms with Crippen LogP contribution in [0, 0.1) is 5.41 Å². The largest absolute Gasteiger partial charge is 0.466 e. The number of methoxy groups -OCH3 is 1. The third kappa shape index (κ3) is 5.01. The molecule has 0 radical (unpaired) electrons. The summed E-state index contributed by atoms with van der Waals surface area (Å²) in [6.07, 6.45) is 4.42. The van der Waals surface area contributed by atoms with Crippen LogP contribution in [0.5, 0.6) is 0 Å². The van der Waals surface area contributed by atoms with Crippen molar-refractivity contribution in [2.75, 3.05) is 33.6 Å². The van der Waals surface area contributed by atoms with E-state index >= 15 is 0 Å². The summed E-state index contributed by atoms with van der Waals surface area (Å²) >= 11 is 0. The predicted octanol–water partition coefficient (Wildman–Crippen LogP) is 6.53. The van der Waals surface area contributed by atoms with Gasteiger partial charge in [0.25, 0.3) is 0 Å². The Kier molecular flexibility index (Phi) is 7.77. The lowest BCUT2D eigenvalue weighted by Crippen LogP contribution is -2.56. The Balaban J connectivity index is 1.81. The number of furan rings is 1. The van der Waals surface area contributed by atoms with E-state index in [4.69, 9.17) is 27.8 Å². The molecule has 0 aromatic carbocycles. The zero-order chi connectivity index (χ0) is 28.1. The molecular formula is C29H47NO7Si. The molecule has 0 N–H and O–H groups in total. The highest BCUT2D eigenvalue weighted by Gasteiger charge is 2.66. The molecule has 1 aliphatic heterocycles. The average molecular weight is 550 g/mol. The van der Waals surface area contributed by atoms with E-state index in [9.17, 15) is 4.79 Å². The van der Waals surface area contributed by atoms with Crippen LogP contribution in [0.3, 0.4) is 0 Å². The van der Waals surface area contributed by atoms with Crippen LogP contribution < -0.4 is 0 Å². The Morgan fingerprint density at radius 2 is 1.95 bits per heavy atom. The SMILES string of the molecule is COCO[C@@H]1C[C@@]23CN(C(=O)OC(C)(C)C)CCO[C@@]2(CC=C3[C@@H](C)O[Si](C)(C)C(C)(C)C)c2ccoc21. The van der Waals surface area contributed by atoms with Gasteiger partial charge in [0.2, 0.25) is 0 Å². The minimum Gasteiger partial charge on any atom is -0.466 e. The van der Waals surface area contributed by atoms with Crippen molar-refractivity contribution in [2.45, 2.75) is 103 Å². The van der Waals surface area contributed by atoms with Crippen LogP contribution in [-0.4, -0.2) is 64.6 Å². The fraction of sp³-hybridized carbons (Fsp3) is 0.759. The Morgan fingerprint density at radius 1 is 1.24 bits per heavy atom.